The van der Waals surface area contributed by atoms with Gasteiger partial charge in [0.1, 0.15) is 6.10 Å². The van der Waals surface area contributed by atoms with E-state index in [-0.39, 0.29) is 24.0 Å². The van der Waals surface area contributed by atoms with Crippen molar-refractivity contribution in [3.63, 3.8) is 0 Å². The largest absolute Gasteiger partial charge is 0.474 e. The van der Waals surface area contributed by atoms with Crippen LogP contribution in [0.2, 0.25) is 5.02 Å². The molecule has 1 heterocycles. The van der Waals surface area contributed by atoms with E-state index in [4.69, 9.17) is 16.3 Å². The van der Waals surface area contributed by atoms with Crippen molar-refractivity contribution in [3.05, 3.63) is 23.4 Å². The van der Waals surface area contributed by atoms with Crippen molar-refractivity contribution >= 4 is 17.5 Å². The van der Waals surface area contributed by atoms with Crippen LogP contribution in [-0.4, -0.2) is 23.0 Å². The molecule has 134 valence electrons. The van der Waals surface area contributed by atoms with Gasteiger partial charge >= 0.3 is 0 Å². The quantitative estimate of drug-likeness (QED) is 0.734. The molecule has 24 heavy (non-hydrogen) atoms. The fourth-order valence-corrected chi connectivity index (χ4v) is 3.46. The maximum atomic E-state index is 12.4. The molecule has 1 fully saturated rings. The first-order valence-electron chi connectivity index (χ1n) is 9.21. The Kier molecular flexibility index (Phi) is 7.83. The summed E-state index contributed by atoms with van der Waals surface area (Å²) < 4.78 is 5.91. The van der Waals surface area contributed by atoms with Crippen molar-refractivity contribution in [3.8, 4) is 5.88 Å². The van der Waals surface area contributed by atoms with Crippen LogP contribution in [0.25, 0.3) is 0 Å². The van der Waals surface area contributed by atoms with Crippen LogP contribution in [0.15, 0.2) is 18.3 Å². The molecule has 1 aliphatic carbocycles. The van der Waals surface area contributed by atoms with Gasteiger partial charge in [0.2, 0.25) is 11.8 Å². The highest BCUT2D eigenvalue weighted by Gasteiger charge is 2.26. The second kappa shape index (κ2) is 9.87. The van der Waals surface area contributed by atoms with Gasteiger partial charge in [-0.15, -0.1) is 0 Å². The lowest BCUT2D eigenvalue weighted by atomic mass is 9.91. The zero-order valence-corrected chi connectivity index (χ0v) is 15.5. The second-order valence-electron chi connectivity index (χ2n) is 6.69. The Morgan fingerprint density at radius 3 is 2.46 bits per heavy atom. The Labute approximate surface area is 150 Å². The van der Waals surface area contributed by atoms with Crippen LogP contribution in [-0.2, 0) is 4.79 Å². The Hall–Kier alpha value is -1.29. The van der Waals surface area contributed by atoms with E-state index in [0.29, 0.717) is 10.9 Å². The van der Waals surface area contributed by atoms with E-state index >= 15 is 0 Å². The number of ether oxygens (including phenoxy) is 1. The zero-order chi connectivity index (χ0) is 17.4. The molecule has 0 bridgehead atoms. The first-order chi connectivity index (χ1) is 11.6. The summed E-state index contributed by atoms with van der Waals surface area (Å²) in [6, 6.07) is 3.87. The van der Waals surface area contributed by atoms with Crippen molar-refractivity contribution in [2.45, 2.75) is 77.4 Å². The van der Waals surface area contributed by atoms with Crippen molar-refractivity contribution in [2.24, 2.45) is 5.92 Å². The van der Waals surface area contributed by atoms with E-state index in [0.717, 1.165) is 51.4 Å². The lowest BCUT2D eigenvalue weighted by Gasteiger charge is -2.30. The summed E-state index contributed by atoms with van der Waals surface area (Å²) in [5.41, 5.74) is 0. The molecule has 0 unspecified atom stereocenters. The zero-order valence-electron chi connectivity index (χ0n) is 14.8. The van der Waals surface area contributed by atoms with Gasteiger partial charge in [0, 0.05) is 24.2 Å². The monoisotopic (exact) mass is 352 g/mol. The molecular weight excluding hydrogens is 324 g/mol. The van der Waals surface area contributed by atoms with Crippen molar-refractivity contribution < 1.29 is 9.53 Å². The lowest BCUT2D eigenvalue weighted by Crippen LogP contribution is -2.42. The molecule has 1 N–H and O–H groups in total. The van der Waals surface area contributed by atoms with Crippen LogP contribution in [0.3, 0.4) is 0 Å². The molecule has 1 amide bonds. The minimum atomic E-state index is 0.173. The molecule has 1 saturated carbocycles. The van der Waals surface area contributed by atoms with E-state index in [1.807, 2.05) is 0 Å². The first-order valence-corrected chi connectivity index (χ1v) is 9.58. The predicted molar refractivity (Wildman–Crippen MR) is 97.4 cm³/mol. The Bertz CT molecular complexity index is 493. The van der Waals surface area contributed by atoms with Gasteiger partial charge in [-0.2, -0.15) is 0 Å². The summed E-state index contributed by atoms with van der Waals surface area (Å²) in [4.78, 5) is 16.6. The highest BCUT2D eigenvalue weighted by atomic mass is 35.5. The molecule has 1 aromatic rings. The van der Waals surface area contributed by atoms with E-state index in [1.165, 1.54) is 0 Å². The molecule has 1 aliphatic rings. The van der Waals surface area contributed by atoms with Crippen LogP contribution in [0.4, 0.5) is 0 Å². The number of pyridine rings is 1. The van der Waals surface area contributed by atoms with E-state index in [9.17, 15) is 4.79 Å². The highest BCUT2D eigenvalue weighted by Crippen LogP contribution is 2.24. The van der Waals surface area contributed by atoms with Crippen molar-refractivity contribution in [1.82, 2.24) is 10.3 Å². The average Bonchev–Trinajstić information content (AvgIpc) is 2.58. The smallest absolute Gasteiger partial charge is 0.223 e. The van der Waals surface area contributed by atoms with Gasteiger partial charge in [-0.25, -0.2) is 4.98 Å². The molecule has 2 rings (SSSR count). The van der Waals surface area contributed by atoms with E-state index in [1.54, 1.807) is 18.3 Å². The number of rotatable bonds is 8. The third kappa shape index (κ3) is 5.97. The summed E-state index contributed by atoms with van der Waals surface area (Å²) in [7, 11) is 0. The number of nitrogens with zero attached hydrogens (tertiary/aromatic N) is 1. The fourth-order valence-electron chi connectivity index (χ4n) is 3.35. The van der Waals surface area contributed by atoms with Gasteiger partial charge in [0.15, 0.2) is 0 Å². The van der Waals surface area contributed by atoms with Crippen LogP contribution in [0.1, 0.15) is 65.2 Å². The van der Waals surface area contributed by atoms with Crippen LogP contribution >= 0.6 is 11.6 Å². The summed E-state index contributed by atoms with van der Waals surface area (Å²) >= 11 is 5.83. The summed E-state index contributed by atoms with van der Waals surface area (Å²) in [5, 5.41) is 3.87. The highest BCUT2D eigenvalue weighted by molar-refractivity contribution is 6.30. The van der Waals surface area contributed by atoms with Gasteiger partial charge in [-0.05, 0) is 44.6 Å². The lowest BCUT2D eigenvalue weighted by molar-refractivity contribution is -0.126. The molecular formula is C19H29ClN2O2. The summed E-state index contributed by atoms with van der Waals surface area (Å²) in [5.74, 6) is 1.03. The summed E-state index contributed by atoms with van der Waals surface area (Å²) in [6.45, 7) is 4.28. The minimum Gasteiger partial charge on any atom is -0.474 e. The van der Waals surface area contributed by atoms with Crippen LogP contribution in [0, 0.1) is 5.92 Å². The SMILES string of the molecule is CCCC(CCC)C(=O)NC1CCC(Oc2ccc(Cl)cn2)CC1. The second-order valence-corrected chi connectivity index (χ2v) is 7.13. The number of carbonyl (C=O) groups is 1. The van der Waals surface area contributed by atoms with Gasteiger partial charge in [0.25, 0.3) is 0 Å². The van der Waals surface area contributed by atoms with E-state index < -0.39 is 0 Å². The molecule has 0 aromatic carbocycles. The van der Waals surface area contributed by atoms with Crippen LogP contribution in [0.5, 0.6) is 5.88 Å². The molecule has 0 atom stereocenters. The fraction of sp³-hybridized carbons (Fsp3) is 0.684. The third-order valence-electron chi connectivity index (χ3n) is 4.65. The molecule has 0 radical (unpaired) electrons. The molecule has 0 spiro atoms. The third-order valence-corrected chi connectivity index (χ3v) is 4.88. The Balaban J connectivity index is 1.75. The van der Waals surface area contributed by atoms with Crippen molar-refractivity contribution in [1.29, 1.82) is 0 Å². The number of carbonyl (C=O) groups excluding carboxylic acids is 1. The average molecular weight is 353 g/mol. The van der Waals surface area contributed by atoms with Gasteiger partial charge in [-0.3, -0.25) is 4.79 Å². The van der Waals surface area contributed by atoms with Gasteiger partial charge in [0.05, 0.1) is 5.02 Å². The molecule has 0 saturated heterocycles. The topological polar surface area (TPSA) is 51.2 Å². The molecule has 4 nitrogen and oxygen atoms in total. The Morgan fingerprint density at radius 2 is 1.92 bits per heavy atom. The number of aromatic nitrogens is 1. The maximum Gasteiger partial charge on any atom is 0.223 e. The standard InChI is InChI=1S/C19H29ClN2O2/c1-3-5-14(6-4-2)19(23)22-16-8-10-17(11-9-16)24-18-12-7-15(20)13-21-18/h7,12-14,16-17H,3-6,8-11H2,1-2H3,(H,22,23). The van der Waals surface area contributed by atoms with Gasteiger partial charge < -0.3 is 10.1 Å². The number of hydrogen-bond acceptors (Lipinski definition) is 3. The molecule has 5 heteroatoms. The summed E-state index contributed by atoms with van der Waals surface area (Å²) in [6.07, 6.45) is 9.70. The van der Waals surface area contributed by atoms with Crippen molar-refractivity contribution in [2.75, 3.05) is 0 Å². The Morgan fingerprint density at radius 1 is 1.25 bits per heavy atom. The number of amides is 1. The van der Waals surface area contributed by atoms with Gasteiger partial charge in [-0.1, -0.05) is 38.3 Å². The number of halogens is 1. The molecule has 0 aliphatic heterocycles. The normalized spacial score (nSPS) is 20.8. The number of nitrogens with one attached hydrogen (secondary N) is 1. The predicted octanol–water partition coefficient (Wildman–Crippen LogP) is 4.76. The maximum absolute atomic E-state index is 12.4. The molecule has 1 aromatic heterocycles. The first kappa shape index (κ1) is 19.0. The minimum absolute atomic E-state index is 0.173. The number of hydrogen-bond donors (Lipinski definition) is 1. The van der Waals surface area contributed by atoms with E-state index in [2.05, 4.69) is 24.1 Å². The van der Waals surface area contributed by atoms with Crippen LogP contribution < -0.4 is 10.1 Å².